The highest BCUT2D eigenvalue weighted by Crippen LogP contribution is 2.59. The quantitative estimate of drug-likeness (QED) is 0.757. The Morgan fingerprint density at radius 1 is 0.955 bits per heavy atom. The summed E-state index contributed by atoms with van der Waals surface area (Å²) in [6.45, 7) is 0.162. The summed E-state index contributed by atoms with van der Waals surface area (Å²) in [7, 11) is 2.59. The smallest absolute Gasteiger partial charge is 0.312 e. The van der Waals surface area contributed by atoms with Crippen molar-refractivity contribution in [3.8, 4) is 11.5 Å². The summed E-state index contributed by atoms with van der Waals surface area (Å²) in [6.07, 6.45) is -1.07. The fourth-order valence-corrected chi connectivity index (χ4v) is 3.52. The number of hydrogen-bond donors (Lipinski definition) is 0. The van der Waals surface area contributed by atoms with Gasteiger partial charge in [-0.05, 0) is 23.3 Å². The molecule has 22 heavy (non-hydrogen) atoms. The van der Waals surface area contributed by atoms with Gasteiger partial charge < -0.3 is 23.7 Å². The van der Waals surface area contributed by atoms with Crippen molar-refractivity contribution < 1.29 is 33.3 Å². The van der Waals surface area contributed by atoms with E-state index >= 15 is 0 Å². The van der Waals surface area contributed by atoms with Crippen LogP contribution in [0.3, 0.4) is 0 Å². The van der Waals surface area contributed by atoms with Crippen LogP contribution in [0.4, 0.5) is 0 Å². The standard InChI is InChI=1S/C15H14O7/c1-18-14(16)10-11(15(17)19-2)13-7-4-9-8(20-5-21-9)3-6(7)12(10)22-13/h3-4,10-13H,5H2,1-2H3/t10-,11-,12-,13+/m0/s1. The number of fused-ring (bicyclic) bond motifs is 6. The molecule has 0 saturated carbocycles. The maximum Gasteiger partial charge on any atom is 0.312 e. The lowest BCUT2D eigenvalue weighted by Crippen LogP contribution is -2.35. The summed E-state index contributed by atoms with van der Waals surface area (Å²) in [5.74, 6) is -1.15. The summed E-state index contributed by atoms with van der Waals surface area (Å²) >= 11 is 0. The molecular weight excluding hydrogens is 292 g/mol. The van der Waals surface area contributed by atoms with Gasteiger partial charge >= 0.3 is 11.9 Å². The zero-order valence-electron chi connectivity index (χ0n) is 12.0. The second-order valence-corrected chi connectivity index (χ2v) is 5.41. The average Bonchev–Trinajstić information content (AvgIpc) is 3.23. The third kappa shape index (κ3) is 1.60. The van der Waals surface area contributed by atoms with E-state index < -0.39 is 36.0 Å². The highest BCUT2D eigenvalue weighted by molar-refractivity contribution is 5.85. The summed E-state index contributed by atoms with van der Waals surface area (Å²) in [5.41, 5.74) is 1.68. The molecule has 7 heteroatoms. The molecule has 2 bridgehead atoms. The lowest BCUT2D eigenvalue weighted by Gasteiger charge is -2.26. The maximum atomic E-state index is 12.1. The molecule has 0 aromatic heterocycles. The normalized spacial score (nSPS) is 30.1. The van der Waals surface area contributed by atoms with Crippen LogP contribution in [-0.4, -0.2) is 33.0 Å². The van der Waals surface area contributed by atoms with E-state index in [0.717, 1.165) is 11.1 Å². The van der Waals surface area contributed by atoms with Gasteiger partial charge in [0.1, 0.15) is 11.8 Å². The van der Waals surface area contributed by atoms with E-state index in [4.69, 9.17) is 23.7 Å². The van der Waals surface area contributed by atoms with E-state index in [1.54, 1.807) is 0 Å². The average molecular weight is 306 g/mol. The van der Waals surface area contributed by atoms with Crippen LogP contribution in [0.15, 0.2) is 12.1 Å². The fourth-order valence-electron chi connectivity index (χ4n) is 3.52. The zero-order chi connectivity index (χ0) is 15.4. The van der Waals surface area contributed by atoms with Gasteiger partial charge in [0.25, 0.3) is 0 Å². The number of esters is 2. The molecule has 1 fully saturated rings. The van der Waals surface area contributed by atoms with Crippen molar-refractivity contribution in [2.45, 2.75) is 12.2 Å². The topological polar surface area (TPSA) is 80.3 Å². The maximum absolute atomic E-state index is 12.1. The van der Waals surface area contributed by atoms with Crippen LogP contribution in [0.5, 0.6) is 11.5 Å². The summed E-state index contributed by atoms with van der Waals surface area (Å²) < 4.78 is 26.3. The first-order chi connectivity index (χ1) is 10.7. The van der Waals surface area contributed by atoms with Crippen molar-refractivity contribution in [3.05, 3.63) is 23.3 Å². The van der Waals surface area contributed by atoms with E-state index in [0.29, 0.717) is 11.5 Å². The molecule has 3 aliphatic rings. The monoisotopic (exact) mass is 306 g/mol. The first-order valence-corrected chi connectivity index (χ1v) is 6.90. The van der Waals surface area contributed by atoms with Gasteiger partial charge in [0.2, 0.25) is 6.79 Å². The summed E-state index contributed by atoms with van der Waals surface area (Å²) in [4.78, 5) is 24.2. The molecule has 1 aromatic rings. The Labute approximate surface area is 126 Å². The molecule has 0 radical (unpaired) electrons. The predicted molar refractivity (Wildman–Crippen MR) is 70.1 cm³/mol. The van der Waals surface area contributed by atoms with Gasteiger partial charge in [-0.1, -0.05) is 0 Å². The summed E-state index contributed by atoms with van der Waals surface area (Å²) in [6, 6.07) is 3.62. The lowest BCUT2D eigenvalue weighted by atomic mass is 9.75. The molecule has 0 N–H and O–H groups in total. The Kier molecular flexibility index (Phi) is 2.80. The molecule has 0 unspecified atom stereocenters. The fraction of sp³-hybridized carbons (Fsp3) is 0.467. The molecule has 0 spiro atoms. The van der Waals surface area contributed by atoms with Gasteiger partial charge in [0.15, 0.2) is 11.5 Å². The predicted octanol–water partition coefficient (Wildman–Crippen LogP) is 1.12. The lowest BCUT2D eigenvalue weighted by molar-refractivity contribution is -0.157. The van der Waals surface area contributed by atoms with Crippen molar-refractivity contribution in [1.82, 2.24) is 0 Å². The Morgan fingerprint density at radius 3 is 1.82 bits per heavy atom. The van der Waals surface area contributed by atoms with E-state index in [9.17, 15) is 9.59 Å². The van der Waals surface area contributed by atoms with E-state index in [1.165, 1.54) is 14.2 Å². The third-order valence-electron chi connectivity index (χ3n) is 4.47. The van der Waals surface area contributed by atoms with Gasteiger partial charge in [0.05, 0.1) is 26.4 Å². The Morgan fingerprint density at radius 2 is 1.41 bits per heavy atom. The van der Waals surface area contributed by atoms with Gasteiger partial charge in [-0.3, -0.25) is 9.59 Å². The second-order valence-electron chi connectivity index (χ2n) is 5.41. The third-order valence-corrected chi connectivity index (χ3v) is 4.47. The van der Waals surface area contributed by atoms with Crippen molar-refractivity contribution >= 4 is 11.9 Å². The molecule has 0 aliphatic carbocycles. The van der Waals surface area contributed by atoms with Crippen molar-refractivity contribution in [2.24, 2.45) is 11.8 Å². The molecule has 3 heterocycles. The van der Waals surface area contributed by atoms with Gasteiger partial charge in [-0.15, -0.1) is 0 Å². The summed E-state index contributed by atoms with van der Waals surface area (Å²) in [5, 5.41) is 0. The van der Waals surface area contributed by atoms with Gasteiger partial charge in [0, 0.05) is 0 Å². The number of carbonyl (C=O) groups is 2. The van der Waals surface area contributed by atoms with E-state index in [2.05, 4.69) is 0 Å². The molecule has 4 rings (SSSR count). The molecule has 1 saturated heterocycles. The van der Waals surface area contributed by atoms with Gasteiger partial charge in [-0.25, -0.2) is 0 Å². The number of methoxy groups -OCH3 is 2. The SMILES string of the molecule is COC(=O)[C@H]1[C@H](C(=O)OC)[C@H]2O[C@@H]1c1cc3c(cc12)OCO3. The van der Waals surface area contributed by atoms with Crippen molar-refractivity contribution in [2.75, 3.05) is 21.0 Å². The first-order valence-electron chi connectivity index (χ1n) is 6.90. The largest absolute Gasteiger partial charge is 0.469 e. The van der Waals surface area contributed by atoms with Crippen LogP contribution in [0, 0.1) is 11.8 Å². The molecule has 3 aliphatic heterocycles. The Bertz CT molecular complexity index is 613. The number of ether oxygens (including phenoxy) is 5. The molecular formula is C15H14O7. The van der Waals surface area contributed by atoms with Crippen LogP contribution >= 0.6 is 0 Å². The minimum atomic E-state index is -0.713. The van der Waals surface area contributed by atoms with Crippen molar-refractivity contribution in [3.63, 3.8) is 0 Å². The van der Waals surface area contributed by atoms with E-state index in [1.807, 2.05) is 12.1 Å². The van der Waals surface area contributed by atoms with Gasteiger partial charge in [-0.2, -0.15) is 0 Å². The number of hydrogen-bond acceptors (Lipinski definition) is 7. The minimum absolute atomic E-state index is 0.162. The van der Waals surface area contributed by atoms with E-state index in [-0.39, 0.29) is 6.79 Å². The van der Waals surface area contributed by atoms with Crippen LogP contribution in [0.25, 0.3) is 0 Å². The Balaban J connectivity index is 1.81. The molecule has 1 aromatic carbocycles. The molecule has 0 amide bonds. The van der Waals surface area contributed by atoms with Crippen LogP contribution in [-0.2, 0) is 23.8 Å². The minimum Gasteiger partial charge on any atom is -0.469 e. The molecule has 7 nitrogen and oxygen atoms in total. The van der Waals surface area contributed by atoms with Crippen LogP contribution < -0.4 is 9.47 Å². The van der Waals surface area contributed by atoms with Crippen LogP contribution in [0.1, 0.15) is 23.3 Å². The number of benzene rings is 1. The van der Waals surface area contributed by atoms with Crippen LogP contribution in [0.2, 0.25) is 0 Å². The molecule has 116 valence electrons. The Hall–Kier alpha value is -2.28. The molecule has 4 atom stereocenters. The number of carbonyl (C=O) groups excluding carboxylic acids is 2. The zero-order valence-corrected chi connectivity index (χ0v) is 12.0. The highest BCUT2D eigenvalue weighted by Gasteiger charge is 2.59. The highest BCUT2D eigenvalue weighted by atomic mass is 16.7. The number of rotatable bonds is 2. The second kappa shape index (κ2) is 4.61. The van der Waals surface area contributed by atoms with Crippen molar-refractivity contribution in [1.29, 1.82) is 0 Å². The first kappa shape index (κ1) is 13.4.